The Bertz CT molecular complexity index is 1460. The smallest absolute Gasteiger partial charge is 0.264 e. The monoisotopic (exact) mass is 512 g/mol. The molecule has 0 fully saturated rings. The first kappa shape index (κ1) is 23.3. The lowest BCUT2D eigenvalue weighted by Gasteiger charge is -2.28. The highest BCUT2D eigenvalue weighted by Gasteiger charge is 2.26. The van der Waals surface area contributed by atoms with Crippen molar-refractivity contribution < 1.29 is 22.7 Å². The number of nitrogens with one attached hydrogen (secondary N) is 1. The van der Waals surface area contributed by atoms with Crippen LogP contribution in [0.15, 0.2) is 41.3 Å². The predicted octanol–water partition coefficient (Wildman–Crippen LogP) is 3.57. The zero-order valence-corrected chi connectivity index (χ0v) is 21.1. The summed E-state index contributed by atoms with van der Waals surface area (Å²) in [5.41, 5.74) is 3.62. The van der Waals surface area contributed by atoms with Crippen molar-refractivity contribution in [3.63, 3.8) is 0 Å². The fraction of sp³-hybridized carbons (Fsp3) is 0.292. The summed E-state index contributed by atoms with van der Waals surface area (Å²) >= 11 is 1.24. The van der Waals surface area contributed by atoms with Crippen molar-refractivity contribution in [2.75, 3.05) is 34.7 Å². The number of hydrogen-bond donors (Lipinski definition) is 1. The number of carbonyl (C=O) groups excluding carboxylic acids is 2. The first-order valence-corrected chi connectivity index (χ1v) is 13.4. The van der Waals surface area contributed by atoms with Crippen LogP contribution in [0.1, 0.15) is 23.8 Å². The zero-order valence-electron chi connectivity index (χ0n) is 19.5. The summed E-state index contributed by atoms with van der Waals surface area (Å²) in [5.74, 6) is 0.407. The van der Waals surface area contributed by atoms with Gasteiger partial charge in [-0.25, -0.2) is 13.4 Å². The highest BCUT2D eigenvalue weighted by molar-refractivity contribution is 7.93. The summed E-state index contributed by atoms with van der Waals surface area (Å²) in [5, 5.41) is 0.249. The third-order valence-corrected chi connectivity index (χ3v) is 8.55. The van der Waals surface area contributed by atoms with Crippen LogP contribution in [0.3, 0.4) is 0 Å². The third kappa shape index (κ3) is 4.25. The number of rotatable bonds is 4. The molecule has 2 aromatic carbocycles. The van der Waals surface area contributed by atoms with Gasteiger partial charge >= 0.3 is 0 Å². The number of thiazole rings is 1. The SMILES string of the molecule is CC(=O)N1CCCc2cc(S(=O)(=O)Nc3nc(-c4ccc5c(c4)N(C)C(=O)CO5)c(C)s3)ccc21. The molecular formula is C24H24N4O5S2. The van der Waals surface area contributed by atoms with E-state index in [-0.39, 0.29) is 28.4 Å². The van der Waals surface area contributed by atoms with E-state index in [1.807, 2.05) is 19.1 Å². The number of fused-ring (bicyclic) bond motifs is 2. The van der Waals surface area contributed by atoms with Gasteiger partial charge in [-0.3, -0.25) is 14.3 Å². The van der Waals surface area contributed by atoms with Crippen molar-refractivity contribution in [1.29, 1.82) is 0 Å². The van der Waals surface area contributed by atoms with Crippen molar-refractivity contribution in [3.05, 3.63) is 46.8 Å². The van der Waals surface area contributed by atoms with Gasteiger partial charge in [0.2, 0.25) is 5.91 Å². The minimum atomic E-state index is -3.88. The Hall–Kier alpha value is -3.44. The van der Waals surface area contributed by atoms with E-state index in [0.717, 1.165) is 28.1 Å². The second kappa shape index (κ2) is 8.65. The summed E-state index contributed by atoms with van der Waals surface area (Å²) in [6.07, 6.45) is 1.49. The molecule has 1 N–H and O–H groups in total. The lowest BCUT2D eigenvalue weighted by molar-refractivity contribution is -0.121. The van der Waals surface area contributed by atoms with Crippen molar-refractivity contribution >= 4 is 49.7 Å². The maximum absolute atomic E-state index is 13.1. The second-order valence-corrected chi connectivity index (χ2v) is 11.4. The van der Waals surface area contributed by atoms with E-state index in [9.17, 15) is 18.0 Å². The number of hydrogen-bond acceptors (Lipinski definition) is 7. The Balaban J connectivity index is 1.42. The number of aromatic nitrogens is 1. The van der Waals surface area contributed by atoms with E-state index in [0.29, 0.717) is 30.1 Å². The summed E-state index contributed by atoms with van der Waals surface area (Å²) in [7, 11) is -2.19. The van der Waals surface area contributed by atoms with E-state index in [4.69, 9.17) is 4.74 Å². The standard InChI is InChI=1S/C24H24N4O5S2/c1-14-23(17-6-9-21-20(12-17)27(3)22(30)13-33-21)25-24(34-14)26-35(31,32)18-7-8-19-16(11-18)5-4-10-28(19)15(2)29/h6-9,11-12H,4-5,10,13H2,1-3H3,(H,25,26). The van der Waals surface area contributed by atoms with E-state index in [2.05, 4.69) is 9.71 Å². The number of amides is 2. The number of likely N-dealkylation sites (N-methyl/N-ethyl adjacent to an activating group) is 1. The average Bonchev–Trinajstić information content (AvgIpc) is 3.19. The largest absolute Gasteiger partial charge is 0.482 e. The van der Waals surface area contributed by atoms with E-state index in [1.165, 1.54) is 29.2 Å². The summed E-state index contributed by atoms with van der Waals surface area (Å²) in [6.45, 7) is 4.01. The van der Waals surface area contributed by atoms with Gasteiger partial charge in [0.25, 0.3) is 15.9 Å². The van der Waals surface area contributed by atoms with E-state index in [1.54, 1.807) is 30.1 Å². The maximum Gasteiger partial charge on any atom is 0.264 e. The van der Waals surface area contributed by atoms with Gasteiger partial charge in [-0.1, -0.05) is 0 Å². The van der Waals surface area contributed by atoms with Crippen LogP contribution in [-0.4, -0.2) is 45.4 Å². The molecule has 2 aliphatic heterocycles. The molecule has 5 rings (SSSR count). The van der Waals surface area contributed by atoms with Gasteiger partial charge in [0.15, 0.2) is 11.7 Å². The molecule has 0 saturated heterocycles. The zero-order chi connectivity index (χ0) is 24.9. The summed E-state index contributed by atoms with van der Waals surface area (Å²) in [6, 6.07) is 10.3. The number of ether oxygens (including phenoxy) is 1. The van der Waals surface area contributed by atoms with Crippen LogP contribution < -0.4 is 19.3 Å². The van der Waals surface area contributed by atoms with E-state index >= 15 is 0 Å². The topological polar surface area (TPSA) is 109 Å². The molecule has 35 heavy (non-hydrogen) atoms. The number of anilines is 3. The Morgan fingerprint density at radius 2 is 1.97 bits per heavy atom. The van der Waals surface area contributed by atoms with Gasteiger partial charge in [-0.05, 0) is 61.7 Å². The van der Waals surface area contributed by atoms with Gasteiger partial charge < -0.3 is 14.5 Å². The summed E-state index contributed by atoms with van der Waals surface area (Å²) in [4.78, 5) is 32.6. The molecule has 3 heterocycles. The third-order valence-electron chi connectivity index (χ3n) is 6.20. The molecule has 9 nitrogen and oxygen atoms in total. The average molecular weight is 513 g/mol. The minimum Gasteiger partial charge on any atom is -0.482 e. The molecule has 0 saturated carbocycles. The molecule has 0 unspecified atom stereocenters. The number of carbonyl (C=O) groups is 2. The van der Waals surface area contributed by atoms with E-state index < -0.39 is 10.0 Å². The first-order chi connectivity index (χ1) is 16.6. The number of nitrogens with zero attached hydrogens (tertiary/aromatic N) is 3. The van der Waals surface area contributed by atoms with Gasteiger partial charge in [0.05, 0.1) is 16.3 Å². The molecule has 182 valence electrons. The number of sulfonamides is 1. The molecule has 0 bridgehead atoms. The quantitative estimate of drug-likeness (QED) is 0.573. The van der Waals surface area contributed by atoms with Crippen molar-refractivity contribution in [3.8, 4) is 17.0 Å². The molecule has 0 aliphatic carbocycles. The normalized spacial score (nSPS) is 15.3. The van der Waals surface area contributed by atoms with Crippen molar-refractivity contribution in [2.45, 2.75) is 31.6 Å². The van der Waals surface area contributed by atoms with Gasteiger partial charge in [-0.2, -0.15) is 0 Å². The summed E-state index contributed by atoms with van der Waals surface area (Å²) < 4.78 is 34.4. The molecule has 2 aliphatic rings. The molecule has 2 amide bonds. The first-order valence-electron chi connectivity index (χ1n) is 11.1. The van der Waals surface area contributed by atoms with Gasteiger partial charge in [-0.15, -0.1) is 11.3 Å². The Labute approximate surface area is 207 Å². The fourth-order valence-electron chi connectivity index (χ4n) is 4.37. The van der Waals surface area contributed by atoms with Crippen LogP contribution in [0, 0.1) is 6.92 Å². The Kier molecular flexibility index (Phi) is 5.76. The van der Waals surface area contributed by atoms with Gasteiger partial charge in [0.1, 0.15) is 5.75 Å². The fourth-order valence-corrected chi connectivity index (χ4v) is 6.49. The molecule has 0 atom stereocenters. The molecule has 0 radical (unpaired) electrons. The van der Waals surface area contributed by atoms with Crippen LogP contribution >= 0.6 is 11.3 Å². The maximum atomic E-state index is 13.1. The Morgan fingerprint density at radius 1 is 1.17 bits per heavy atom. The highest BCUT2D eigenvalue weighted by atomic mass is 32.2. The van der Waals surface area contributed by atoms with Crippen LogP contribution in [-0.2, 0) is 26.0 Å². The van der Waals surface area contributed by atoms with Crippen LogP contribution in [0.4, 0.5) is 16.5 Å². The second-order valence-electron chi connectivity index (χ2n) is 8.52. The Morgan fingerprint density at radius 3 is 2.74 bits per heavy atom. The minimum absolute atomic E-state index is 0.0000198. The molecular weight excluding hydrogens is 488 g/mol. The molecule has 11 heteroatoms. The lowest BCUT2D eigenvalue weighted by Crippen LogP contribution is -2.35. The number of benzene rings is 2. The van der Waals surface area contributed by atoms with Gasteiger partial charge in [0, 0.05) is 36.6 Å². The highest BCUT2D eigenvalue weighted by Crippen LogP contribution is 2.38. The molecule has 1 aromatic heterocycles. The van der Waals surface area contributed by atoms with Crippen LogP contribution in [0.5, 0.6) is 5.75 Å². The van der Waals surface area contributed by atoms with Crippen molar-refractivity contribution in [1.82, 2.24) is 4.98 Å². The molecule has 0 spiro atoms. The van der Waals surface area contributed by atoms with Crippen LogP contribution in [0.25, 0.3) is 11.3 Å². The molecule has 3 aromatic rings. The van der Waals surface area contributed by atoms with Crippen molar-refractivity contribution in [2.24, 2.45) is 0 Å². The van der Waals surface area contributed by atoms with Crippen LogP contribution in [0.2, 0.25) is 0 Å². The predicted molar refractivity (Wildman–Crippen MR) is 135 cm³/mol. The number of aryl methyl sites for hydroxylation is 2. The lowest BCUT2D eigenvalue weighted by atomic mass is 10.0.